The molecule has 7 heteroatoms. The smallest absolute Gasteiger partial charge is 0.325 e. The third-order valence-corrected chi connectivity index (χ3v) is 7.18. The number of urea groups is 1. The molecule has 4 amide bonds. The minimum Gasteiger partial charge on any atom is -0.343 e. The van der Waals surface area contributed by atoms with Crippen molar-refractivity contribution in [2.75, 3.05) is 32.7 Å². The molecule has 32 heavy (non-hydrogen) atoms. The van der Waals surface area contributed by atoms with Crippen molar-refractivity contribution in [3.8, 4) is 0 Å². The highest BCUT2D eigenvalue weighted by atomic mass is 16.2. The molecule has 3 aliphatic heterocycles. The van der Waals surface area contributed by atoms with Gasteiger partial charge in [-0.05, 0) is 43.6 Å². The van der Waals surface area contributed by atoms with Gasteiger partial charge in [0.1, 0.15) is 5.54 Å². The average Bonchev–Trinajstić information content (AvgIpc) is 3.03. The molecule has 0 unspecified atom stereocenters. The second kappa shape index (κ2) is 9.61. The molecule has 1 aromatic rings. The molecule has 1 aromatic carbocycles. The largest absolute Gasteiger partial charge is 0.343 e. The van der Waals surface area contributed by atoms with Gasteiger partial charge < -0.3 is 15.1 Å². The average molecular weight is 441 g/mol. The van der Waals surface area contributed by atoms with E-state index in [2.05, 4.69) is 24.1 Å². The molecule has 0 aromatic heterocycles. The highest BCUT2D eigenvalue weighted by Gasteiger charge is 2.54. The van der Waals surface area contributed by atoms with Crippen LogP contribution >= 0.6 is 0 Å². The molecule has 3 aliphatic rings. The van der Waals surface area contributed by atoms with Crippen LogP contribution in [0.3, 0.4) is 0 Å². The van der Waals surface area contributed by atoms with Crippen molar-refractivity contribution in [1.82, 2.24) is 20.0 Å². The summed E-state index contributed by atoms with van der Waals surface area (Å²) in [5.41, 5.74) is 0.438. The van der Waals surface area contributed by atoms with Gasteiger partial charge in [-0.15, -0.1) is 0 Å². The molecule has 174 valence electrons. The number of hydrogen-bond acceptors (Lipinski definition) is 4. The van der Waals surface area contributed by atoms with Crippen molar-refractivity contribution < 1.29 is 14.4 Å². The minimum atomic E-state index is -0.729. The summed E-state index contributed by atoms with van der Waals surface area (Å²) in [6.45, 7) is 8.31. The van der Waals surface area contributed by atoms with E-state index in [0.29, 0.717) is 51.1 Å². The number of carbonyl (C=O) groups is 3. The number of benzene rings is 1. The standard InChI is InChI=1S/C25H36N4O3/c1-19(2)18-27-16-12-25(13-17-27)23(31)29(24(32)26-25)21-10-14-28(15-11-21)22(30)9-8-20-6-4-3-5-7-20/h3-7,19,21H,8-18H2,1-2H3,(H,26,32). The molecular weight excluding hydrogens is 404 g/mol. The van der Waals surface area contributed by atoms with Gasteiger partial charge in [0, 0.05) is 45.2 Å². The van der Waals surface area contributed by atoms with Crippen molar-refractivity contribution in [3.63, 3.8) is 0 Å². The van der Waals surface area contributed by atoms with E-state index < -0.39 is 5.54 Å². The number of rotatable bonds is 6. The number of hydrogen-bond donors (Lipinski definition) is 1. The Labute approximate surface area is 191 Å². The summed E-state index contributed by atoms with van der Waals surface area (Å²) >= 11 is 0. The SMILES string of the molecule is CC(C)CN1CCC2(CC1)NC(=O)N(C1CCN(C(=O)CCc3ccccc3)CC1)C2=O. The van der Waals surface area contributed by atoms with E-state index in [0.717, 1.165) is 26.1 Å². The molecule has 7 nitrogen and oxygen atoms in total. The summed E-state index contributed by atoms with van der Waals surface area (Å²) in [6, 6.07) is 9.68. The summed E-state index contributed by atoms with van der Waals surface area (Å²) < 4.78 is 0. The van der Waals surface area contributed by atoms with E-state index in [1.807, 2.05) is 35.2 Å². The molecule has 1 N–H and O–H groups in total. The summed E-state index contributed by atoms with van der Waals surface area (Å²) in [4.78, 5) is 44.5. The fourth-order valence-corrected chi connectivity index (χ4v) is 5.37. The lowest BCUT2D eigenvalue weighted by Crippen LogP contribution is -2.56. The number of likely N-dealkylation sites (tertiary alicyclic amines) is 2. The molecule has 4 rings (SSSR count). The Balaban J connectivity index is 1.28. The van der Waals surface area contributed by atoms with Crippen LogP contribution in [0.4, 0.5) is 4.79 Å². The normalized spacial score (nSPS) is 22.1. The fraction of sp³-hybridized carbons (Fsp3) is 0.640. The van der Waals surface area contributed by atoms with E-state index in [1.54, 1.807) is 0 Å². The summed E-state index contributed by atoms with van der Waals surface area (Å²) in [7, 11) is 0. The summed E-state index contributed by atoms with van der Waals surface area (Å²) in [6.07, 6.45) is 3.91. The van der Waals surface area contributed by atoms with Gasteiger partial charge in [-0.3, -0.25) is 14.5 Å². The molecule has 0 aliphatic carbocycles. The van der Waals surface area contributed by atoms with Gasteiger partial charge in [0.2, 0.25) is 5.91 Å². The Kier molecular flexibility index (Phi) is 6.84. The first-order valence-electron chi connectivity index (χ1n) is 12.1. The number of aryl methyl sites for hydroxylation is 1. The maximum Gasteiger partial charge on any atom is 0.325 e. The number of carbonyl (C=O) groups excluding carboxylic acids is 3. The van der Waals surface area contributed by atoms with E-state index >= 15 is 0 Å². The van der Waals surface area contributed by atoms with Crippen LogP contribution in [0.15, 0.2) is 30.3 Å². The van der Waals surface area contributed by atoms with E-state index in [9.17, 15) is 14.4 Å². The van der Waals surface area contributed by atoms with E-state index in [1.165, 1.54) is 10.5 Å². The van der Waals surface area contributed by atoms with Crippen LogP contribution in [-0.4, -0.2) is 76.8 Å². The Hall–Kier alpha value is -2.41. The molecule has 0 radical (unpaired) electrons. The van der Waals surface area contributed by atoms with Crippen LogP contribution < -0.4 is 5.32 Å². The van der Waals surface area contributed by atoms with Crippen LogP contribution in [0.2, 0.25) is 0 Å². The van der Waals surface area contributed by atoms with Crippen LogP contribution in [0.25, 0.3) is 0 Å². The van der Waals surface area contributed by atoms with Gasteiger partial charge in [0.25, 0.3) is 5.91 Å². The minimum absolute atomic E-state index is 0.0550. The van der Waals surface area contributed by atoms with Crippen molar-refractivity contribution in [2.24, 2.45) is 5.92 Å². The van der Waals surface area contributed by atoms with Crippen LogP contribution in [0.5, 0.6) is 0 Å². The molecule has 3 fully saturated rings. The van der Waals surface area contributed by atoms with Crippen molar-refractivity contribution in [2.45, 2.75) is 64.0 Å². The predicted molar refractivity (Wildman–Crippen MR) is 123 cm³/mol. The first-order valence-corrected chi connectivity index (χ1v) is 12.1. The van der Waals surface area contributed by atoms with Gasteiger partial charge in [-0.25, -0.2) is 4.79 Å². The van der Waals surface area contributed by atoms with E-state index in [4.69, 9.17) is 0 Å². The third kappa shape index (κ3) is 4.82. The quantitative estimate of drug-likeness (QED) is 0.691. The van der Waals surface area contributed by atoms with Crippen molar-refractivity contribution in [3.05, 3.63) is 35.9 Å². The summed E-state index contributed by atoms with van der Waals surface area (Å²) in [5.74, 6) is 0.689. The Morgan fingerprint density at radius 1 is 1.06 bits per heavy atom. The third-order valence-electron chi connectivity index (χ3n) is 7.18. The molecule has 3 heterocycles. The Morgan fingerprint density at radius 3 is 2.34 bits per heavy atom. The predicted octanol–water partition coefficient (Wildman–Crippen LogP) is 2.65. The van der Waals surface area contributed by atoms with Gasteiger partial charge in [0.15, 0.2) is 0 Å². The number of amides is 4. The lowest BCUT2D eigenvalue weighted by Gasteiger charge is -2.39. The Morgan fingerprint density at radius 2 is 1.72 bits per heavy atom. The lowest BCUT2D eigenvalue weighted by molar-refractivity contribution is -0.136. The second-order valence-corrected chi connectivity index (χ2v) is 9.98. The first-order chi connectivity index (χ1) is 15.4. The second-order valence-electron chi connectivity index (χ2n) is 9.98. The van der Waals surface area contributed by atoms with Gasteiger partial charge in [-0.2, -0.15) is 0 Å². The highest BCUT2D eigenvalue weighted by Crippen LogP contribution is 2.33. The Bertz CT molecular complexity index is 825. The topological polar surface area (TPSA) is 73.0 Å². The summed E-state index contributed by atoms with van der Waals surface area (Å²) in [5, 5.41) is 3.04. The maximum atomic E-state index is 13.3. The van der Waals surface area contributed by atoms with Crippen molar-refractivity contribution in [1.29, 1.82) is 0 Å². The van der Waals surface area contributed by atoms with Crippen LogP contribution in [-0.2, 0) is 16.0 Å². The molecule has 0 atom stereocenters. The number of nitrogens with zero attached hydrogens (tertiary/aromatic N) is 3. The number of piperidine rings is 2. The zero-order chi connectivity index (χ0) is 22.7. The zero-order valence-electron chi connectivity index (χ0n) is 19.4. The van der Waals surface area contributed by atoms with Crippen LogP contribution in [0.1, 0.15) is 51.5 Å². The zero-order valence-corrected chi connectivity index (χ0v) is 19.4. The lowest BCUT2D eigenvalue weighted by atomic mass is 9.86. The van der Waals surface area contributed by atoms with Crippen molar-refractivity contribution >= 4 is 17.8 Å². The molecule has 1 spiro atoms. The van der Waals surface area contributed by atoms with Crippen LogP contribution in [0, 0.1) is 5.92 Å². The first kappa shape index (κ1) is 22.8. The maximum absolute atomic E-state index is 13.3. The monoisotopic (exact) mass is 440 g/mol. The number of imide groups is 1. The van der Waals surface area contributed by atoms with Gasteiger partial charge in [-0.1, -0.05) is 44.2 Å². The molecular formula is C25H36N4O3. The highest BCUT2D eigenvalue weighted by molar-refractivity contribution is 6.07. The molecule has 3 saturated heterocycles. The van der Waals surface area contributed by atoms with E-state index in [-0.39, 0.29) is 23.9 Å². The molecule has 0 bridgehead atoms. The molecule has 0 saturated carbocycles. The number of nitrogens with one attached hydrogen (secondary N) is 1. The fourth-order valence-electron chi connectivity index (χ4n) is 5.37. The van der Waals surface area contributed by atoms with Gasteiger partial charge in [0.05, 0.1) is 0 Å². The van der Waals surface area contributed by atoms with Gasteiger partial charge >= 0.3 is 6.03 Å².